The number of rotatable bonds is 7. The Morgan fingerprint density at radius 3 is 2.41 bits per heavy atom. The first-order valence-electron chi connectivity index (χ1n) is 8.80. The lowest BCUT2D eigenvalue weighted by Crippen LogP contribution is -2.29. The summed E-state index contributed by atoms with van der Waals surface area (Å²) in [5, 5.41) is 1.55. The minimum atomic E-state index is -3.71. The number of carbonyl (C=O) groups excluding carboxylic acids is 2. The summed E-state index contributed by atoms with van der Waals surface area (Å²) in [6.45, 7) is 2.51. The minimum Gasteiger partial charge on any atom is -0.453 e. The van der Waals surface area contributed by atoms with Crippen molar-refractivity contribution in [2.75, 3.05) is 19.7 Å². The van der Waals surface area contributed by atoms with Crippen LogP contribution >= 0.6 is 11.3 Å². The Bertz CT molecular complexity index is 925. The first kappa shape index (κ1) is 19.7. The molecule has 1 aliphatic heterocycles. The van der Waals surface area contributed by atoms with Crippen LogP contribution in [0.4, 0.5) is 0 Å². The highest BCUT2D eigenvalue weighted by atomic mass is 32.2. The molecule has 0 atom stereocenters. The summed E-state index contributed by atoms with van der Waals surface area (Å²) in [5.74, 6) is -1.12. The van der Waals surface area contributed by atoms with Gasteiger partial charge in [-0.1, -0.05) is 31.2 Å². The maximum Gasteiger partial charge on any atom is 0.350 e. The summed E-state index contributed by atoms with van der Waals surface area (Å²) < 4.78 is 31.9. The van der Waals surface area contributed by atoms with Crippen LogP contribution in [-0.2, 0) is 21.2 Å². The molecule has 144 valence electrons. The fourth-order valence-corrected chi connectivity index (χ4v) is 5.72. The molecule has 6 nitrogen and oxygen atoms in total. The SMILES string of the molecule is CCc1ccc(C(=O)COC(=O)c2sccc2S(=O)(=O)N2CCCC2)cc1. The number of hydrogen-bond donors (Lipinski definition) is 0. The number of sulfonamides is 1. The predicted octanol–water partition coefficient (Wildman–Crippen LogP) is 3.13. The Hall–Kier alpha value is -2.03. The normalized spacial score (nSPS) is 15.0. The second-order valence-corrected chi connectivity index (χ2v) is 9.10. The summed E-state index contributed by atoms with van der Waals surface area (Å²) in [5.41, 5.74) is 1.56. The van der Waals surface area contributed by atoms with Crippen LogP contribution in [0.15, 0.2) is 40.6 Å². The molecule has 27 heavy (non-hydrogen) atoms. The number of ketones is 1. The molecule has 0 aliphatic carbocycles. The molecule has 0 amide bonds. The number of aryl methyl sites for hydroxylation is 1. The Labute approximate surface area is 162 Å². The van der Waals surface area contributed by atoms with Crippen LogP contribution in [0, 0.1) is 0 Å². The molecule has 0 unspecified atom stereocenters. The van der Waals surface area contributed by atoms with Crippen LogP contribution in [0.1, 0.15) is 45.4 Å². The van der Waals surface area contributed by atoms with Crippen LogP contribution in [0.5, 0.6) is 0 Å². The summed E-state index contributed by atoms with van der Waals surface area (Å²) in [6.07, 6.45) is 2.50. The van der Waals surface area contributed by atoms with E-state index in [1.54, 1.807) is 17.5 Å². The van der Waals surface area contributed by atoms with Gasteiger partial charge in [-0.25, -0.2) is 13.2 Å². The molecule has 1 aromatic heterocycles. The maximum absolute atomic E-state index is 12.7. The minimum absolute atomic E-state index is 0.0102. The van der Waals surface area contributed by atoms with E-state index in [0.717, 1.165) is 36.2 Å². The van der Waals surface area contributed by atoms with Gasteiger partial charge in [0.2, 0.25) is 10.0 Å². The van der Waals surface area contributed by atoms with Crippen molar-refractivity contribution in [2.24, 2.45) is 0 Å². The van der Waals surface area contributed by atoms with Gasteiger partial charge in [-0.2, -0.15) is 4.31 Å². The highest BCUT2D eigenvalue weighted by Crippen LogP contribution is 2.28. The lowest BCUT2D eigenvalue weighted by molar-refractivity contribution is 0.0476. The number of hydrogen-bond acceptors (Lipinski definition) is 6. The molecule has 2 heterocycles. The second kappa shape index (κ2) is 8.33. The van der Waals surface area contributed by atoms with Crippen molar-refractivity contribution in [1.82, 2.24) is 4.31 Å². The lowest BCUT2D eigenvalue weighted by Gasteiger charge is -2.15. The molecule has 0 saturated carbocycles. The first-order valence-corrected chi connectivity index (χ1v) is 11.1. The third-order valence-corrected chi connectivity index (χ3v) is 7.48. The van der Waals surface area contributed by atoms with Crippen molar-refractivity contribution in [2.45, 2.75) is 31.1 Å². The van der Waals surface area contributed by atoms with Crippen molar-refractivity contribution in [3.8, 4) is 0 Å². The van der Waals surface area contributed by atoms with Crippen LogP contribution in [0.3, 0.4) is 0 Å². The fourth-order valence-electron chi connectivity index (χ4n) is 2.92. The van der Waals surface area contributed by atoms with E-state index in [1.165, 1.54) is 10.4 Å². The van der Waals surface area contributed by atoms with Gasteiger partial charge >= 0.3 is 5.97 Å². The van der Waals surface area contributed by atoms with Crippen molar-refractivity contribution >= 4 is 33.1 Å². The van der Waals surface area contributed by atoms with Crippen LogP contribution in [0.25, 0.3) is 0 Å². The van der Waals surface area contributed by atoms with Gasteiger partial charge < -0.3 is 4.74 Å². The Balaban J connectivity index is 1.68. The van der Waals surface area contributed by atoms with E-state index in [9.17, 15) is 18.0 Å². The summed E-state index contributed by atoms with van der Waals surface area (Å²) in [6, 6.07) is 8.52. The van der Waals surface area contributed by atoms with Gasteiger partial charge in [0, 0.05) is 18.7 Å². The predicted molar refractivity (Wildman–Crippen MR) is 103 cm³/mol. The fraction of sp³-hybridized carbons (Fsp3) is 0.368. The number of esters is 1. The van der Waals surface area contributed by atoms with E-state index in [-0.39, 0.29) is 15.6 Å². The third kappa shape index (κ3) is 4.28. The zero-order valence-corrected chi connectivity index (χ0v) is 16.6. The van der Waals surface area contributed by atoms with Crippen molar-refractivity contribution < 1.29 is 22.7 Å². The molecule has 0 N–H and O–H groups in total. The molecule has 0 bridgehead atoms. The average Bonchev–Trinajstić information content (AvgIpc) is 3.38. The van der Waals surface area contributed by atoms with Gasteiger partial charge in [-0.3, -0.25) is 4.79 Å². The van der Waals surface area contributed by atoms with Gasteiger partial charge in [0.05, 0.1) is 0 Å². The number of benzene rings is 1. The Kier molecular flexibility index (Phi) is 6.08. The zero-order valence-electron chi connectivity index (χ0n) is 15.0. The lowest BCUT2D eigenvalue weighted by atomic mass is 10.1. The van der Waals surface area contributed by atoms with Gasteiger partial charge in [0.15, 0.2) is 12.4 Å². The Morgan fingerprint density at radius 2 is 1.78 bits per heavy atom. The summed E-state index contributed by atoms with van der Waals surface area (Å²) in [4.78, 5) is 24.6. The average molecular weight is 408 g/mol. The van der Waals surface area contributed by atoms with Gasteiger partial charge in [0.1, 0.15) is 9.77 Å². The monoisotopic (exact) mass is 407 g/mol. The smallest absolute Gasteiger partial charge is 0.350 e. The molecular weight excluding hydrogens is 386 g/mol. The van der Waals surface area contributed by atoms with Crippen LogP contribution < -0.4 is 0 Å². The van der Waals surface area contributed by atoms with Gasteiger partial charge in [0.25, 0.3) is 0 Å². The van der Waals surface area contributed by atoms with Crippen LogP contribution in [-0.4, -0.2) is 44.2 Å². The maximum atomic E-state index is 12.7. The van der Waals surface area contributed by atoms with Crippen molar-refractivity contribution in [1.29, 1.82) is 0 Å². The molecular formula is C19H21NO5S2. The molecule has 1 aliphatic rings. The van der Waals surface area contributed by atoms with E-state index in [1.807, 2.05) is 19.1 Å². The van der Waals surface area contributed by atoms with E-state index < -0.39 is 22.6 Å². The molecule has 0 spiro atoms. The highest BCUT2D eigenvalue weighted by Gasteiger charge is 2.32. The largest absolute Gasteiger partial charge is 0.453 e. The number of carbonyl (C=O) groups is 2. The third-order valence-electron chi connectivity index (χ3n) is 4.52. The summed E-state index contributed by atoms with van der Waals surface area (Å²) in [7, 11) is -3.71. The standard InChI is InChI=1S/C19H21NO5S2/c1-2-14-5-7-15(8-6-14)16(21)13-25-19(22)18-17(9-12-26-18)27(23,24)20-10-3-4-11-20/h5-9,12H,2-4,10-11,13H2,1H3. The van der Waals surface area contributed by atoms with Crippen LogP contribution in [0.2, 0.25) is 0 Å². The Morgan fingerprint density at radius 1 is 1.11 bits per heavy atom. The zero-order chi connectivity index (χ0) is 19.4. The molecule has 1 fully saturated rings. The first-order chi connectivity index (χ1) is 12.9. The van der Waals surface area contributed by atoms with E-state index in [4.69, 9.17) is 4.74 Å². The number of ether oxygens (including phenoxy) is 1. The van der Waals surface area contributed by atoms with Crippen molar-refractivity contribution in [3.05, 3.63) is 51.7 Å². The second-order valence-electron chi connectivity index (χ2n) is 6.27. The number of Topliss-reactive ketones (excluding diaryl/α,β-unsaturated/α-hetero) is 1. The van der Waals surface area contributed by atoms with Crippen molar-refractivity contribution in [3.63, 3.8) is 0 Å². The van der Waals surface area contributed by atoms with E-state index in [2.05, 4.69) is 0 Å². The topological polar surface area (TPSA) is 80.8 Å². The molecule has 0 radical (unpaired) electrons. The van der Waals surface area contributed by atoms with Gasteiger partial charge in [-0.05, 0) is 36.3 Å². The number of nitrogens with zero attached hydrogens (tertiary/aromatic N) is 1. The molecule has 2 aromatic rings. The molecule has 1 saturated heterocycles. The quantitative estimate of drug-likeness (QED) is 0.520. The van der Waals surface area contributed by atoms with E-state index in [0.29, 0.717) is 18.7 Å². The van der Waals surface area contributed by atoms with Gasteiger partial charge in [-0.15, -0.1) is 11.3 Å². The van der Waals surface area contributed by atoms with E-state index >= 15 is 0 Å². The summed E-state index contributed by atoms with van der Waals surface area (Å²) >= 11 is 1.00. The molecule has 1 aromatic carbocycles. The number of thiophene rings is 1. The highest BCUT2D eigenvalue weighted by molar-refractivity contribution is 7.89. The molecule has 3 rings (SSSR count). The molecule has 8 heteroatoms.